The van der Waals surface area contributed by atoms with Gasteiger partial charge in [0.25, 0.3) is 0 Å². The number of anilines is 1. The lowest BCUT2D eigenvalue weighted by atomic mass is 9.66. The van der Waals surface area contributed by atoms with Crippen LogP contribution in [0.5, 0.6) is 0 Å². The van der Waals surface area contributed by atoms with Gasteiger partial charge < -0.3 is 5.73 Å². The molecule has 0 fully saturated rings. The van der Waals surface area contributed by atoms with E-state index in [-0.39, 0.29) is 33.3 Å². The Kier molecular flexibility index (Phi) is 4.28. The molecule has 0 radical (unpaired) electrons. The van der Waals surface area contributed by atoms with E-state index < -0.39 is 5.82 Å². The van der Waals surface area contributed by atoms with Gasteiger partial charge in [-0.15, -0.1) is 0 Å². The Morgan fingerprint density at radius 1 is 1.46 bits per heavy atom. The van der Waals surface area contributed by atoms with E-state index in [0.29, 0.717) is 30.4 Å². The summed E-state index contributed by atoms with van der Waals surface area (Å²) in [6.07, 6.45) is 4.49. The zero-order valence-corrected chi connectivity index (χ0v) is 14.7. The van der Waals surface area contributed by atoms with E-state index in [9.17, 15) is 14.0 Å². The Bertz CT molecular complexity index is 784. The van der Waals surface area contributed by atoms with Gasteiger partial charge in [0.05, 0.1) is 16.3 Å². The fraction of sp³-hybridized carbons (Fsp3) is 0.474. The second-order valence-corrected chi connectivity index (χ2v) is 7.28. The highest BCUT2D eigenvalue weighted by Crippen LogP contribution is 2.58. The van der Waals surface area contributed by atoms with Gasteiger partial charge in [-0.1, -0.05) is 31.4 Å². The van der Waals surface area contributed by atoms with Gasteiger partial charge in [-0.25, -0.2) is 4.39 Å². The van der Waals surface area contributed by atoms with Gasteiger partial charge in [0.15, 0.2) is 11.6 Å². The van der Waals surface area contributed by atoms with Gasteiger partial charge >= 0.3 is 0 Å². The number of hydrogen-bond donors (Lipinski definition) is 1. The number of ketones is 2. The van der Waals surface area contributed by atoms with Crippen molar-refractivity contribution < 1.29 is 14.0 Å². The quantitative estimate of drug-likeness (QED) is 0.643. The van der Waals surface area contributed by atoms with Gasteiger partial charge in [-0.3, -0.25) is 9.59 Å². The monoisotopic (exact) mass is 349 g/mol. The highest BCUT2D eigenvalue weighted by Gasteiger charge is 2.48. The first kappa shape index (κ1) is 17.2. The molecule has 0 heterocycles. The van der Waals surface area contributed by atoms with E-state index in [1.807, 2.05) is 0 Å². The van der Waals surface area contributed by atoms with Crippen LogP contribution < -0.4 is 5.73 Å². The molecule has 0 bridgehead atoms. The summed E-state index contributed by atoms with van der Waals surface area (Å²) in [5, 5.41) is 0.220. The topological polar surface area (TPSA) is 60.2 Å². The number of Topliss-reactive ketones (excluding diaryl/α,β-unsaturated/α-hetero) is 2. The van der Waals surface area contributed by atoms with Crippen LogP contribution in [0, 0.1) is 11.2 Å². The minimum Gasteiger partial charge on any atom is -0.395 e. The Balaban J connectivity index is 2.32. The van der Waals surface area contributed by atoms with Crippen molar-refractivity contribution >= 4 is 34.4 Å². The van der Waals surface area contributed by atoms with Crippen molar-refractivity contribution in [3.05, 3.63) is 33.6 Å². The Morgan fingerprint density at radius 3 is 2.79 bits per heavy atom. The molecule has 3 nitrogen and oxygen atoms in total. The van der Waals surface area contributed by atoms with E-state index in [4.69, 9.17) is 17.3 Å². The maximum absolute atomic E-state index is 14.2. The van der Waals surface area contributed by atoms with Crippen LogP contribution in [-0.4, -0.2) is 11.6 Å². The molecule has 0 spiro atoms. The largest absolute Gasteiger partial charge is 0.395 e. The number of hydrogen-bond acceptors (Lipinski definition) is 3. The zero-order valence-electron chi connectivity index (χ0n) is 14.0. The van der Waals surface area contributed by atoms with Crippen molar-refractivity contribution in [2.24, 2.45) is 5.41 Å². The molecule has 1 atom stereocenters. The lowest BCUT2D eigenvalue weighted by Gasteiger charge is -2.36. The zero-order chi connectivity index (χ0) is 17.6. The number of carbonyl (C=O) groups is 2. The lowest BCUT2D eigenvalue weighted by Crippen LogP contribution is -2.30. The molecular formula is C19H21ClFNO2. The maximum Gasteiger partial charge on any atom is 0.166 e. The van der Waals surface area contributed by atoms with E-state index in [1.54, 1.807) is 0 Å². The molecule has 0 saturated heterocycles. The summed E-state index contributed by atoms with van der Waals surface area (Å²) in [6, 6.07) is 1.35. The number of rotatable bonds is 4. The molecule has 0 saturated carbocycles. The molecule has 0 aromatic heterocycles. The summed E-state index contributed by atoms with van der Waals surface area (Å²) < 4.78 is 14.2. The van der Waals surface area contributed by atoms with E-state index in [0.717, 1.165) is 24.8 Å². The Labute approximate surface area is 146 Å². The molecule has 3 rings (SSSR count). The third-order valence-electron chi connectivity index (χ3n) is 5.39. The number of fused-ring (bicyclic) bond motifs is 3. The minimum atomic E-state index is -0.599. The van der Waals surface area contributed by atoms with Crippen molar-refractivity contribution in [2.75, 3.05) is 5.73 Å². The fourth-order valence-electron chi connectivity index (χ4n) is 4.24. The van der Waals surface area contributed by atoms with Crippen LogP contribution >= 0.6 is 11.6 Å². The van der Waals surface area contributed by atoms with Crippen LogP contribution in [0.2, 0.25) is 5.02 Å². The van der Waals surface area contributed by atoms with E-state index in [1.165, 1.54) is 13.0 Å². The van der Waals surface area contributed by atoms with Gasteiger partial charge in [-0.2, -0.15) is 0 Å². The number of unbranched alkanes of at least 4 members (excludes halogenated alkanes) is 1. The molecule has 0 amide bonds. The first-order valence-electron chi connectivity index (χ1n) is 8.38. The predicted molar refractivity (Wildman–Crippen MR) is 93.3 cm³/mol. The van der Waals surface area contributed by atoms with Crippen molar-refractivity contribution in [3.63, 3.8) is 0 Å². The van der Waals surface area contributed by atoms with Crippen LogP contribution in [0.3, 0.4) is 0 Å². The molecule has 5 heteroatoms. The average molecular weight is 350 g/mol. The number of halogens is 2. The predicted octanol–water partition coefficient (Wildman–Crippen LogP) is 4.50. The lowest BCUT2D eigenvalue weighted by molar-refractivity contribution is -0.121. The van der Waals surface area contributed by atoms with E-state index in [2.05, 4.69) is 6.92 Å². The standard InChI is InChI=1S/C19H21ClFNO2/c1-3-4-6-19-7-5-14(24)15(10(2)23)16(19)11-8-13(21)18(22)17(20)12(11)9-19/h8H,3-7,9,22H2,1-2H3. The van der Waals surface area contributed by atoms with Gasteiger partial charge in [0.2, 0.25) is 0 Å². The number of nitrogen functional groups attached to an aromatic ring is 1. The molecule has 1 aromatic rings. The molecule has 0 aliphatic heterocycles. The molecule has 24 heavy (non-hydrogen) atoms. The highest BCUT2D eigenvalue weighted by molar-refractivity contribution is 6.35. The van der Waals surface area contributed by atoms with E-state index >= 15 is 0 Å². The summed E-state index contributed by atoms with van der Waals surface area (Å²) in [4.78, 5) is 24.6. The second kappa shape index (κ2) is 5.99. The molecule has 1 unspecified atom stereocenters. The number of nitrogens with two attached hydrogens (primary N) is 1. The van der Waals surface area contributed by atoms with Crippen molar-refractivity contribution in [1.82, 2.24) is 0 Å². The smallest absolute Gasteiger partial charge is 0.166 e. The normalized spacial score (nSPS) is 22.6. The van der Waals surface area contributed by atoms with Crippen molar-refractivity contribution in [2.45, 2.75) is 52.4 Å². The highest BCUT2D eigenvalue weighted by atomic mass is 35.5. The molecular weight excluding hydrogens is 329 g/mol. The third-order valence-corrected chi connectivity index (χ3v) is 5.82. The fourth-order valence-corrected chi connectivity index (χ4v) is 4.50. The van der Waals surface area contributed by atoms with Crippen LogP contribution in [0.15, 0.2) is 11.6 Å². The maximum atomic E-state index is 14.2. The van der Waals surface area contributed by atoms with Crippen molar-refractivity contribution in [1.29, 1.82) is 0 Å². The second-order valence-electron chi connectivity index (χ2n) is 6.90. The number of allylic oxidation sites excluding steroid dienone is 2. The van der Waals surface area contributed by atoms with Crippen LogP contribution in [-0.2, 0) is 16.0 Å². The first-order chi connectivity index (χ1) is 11.3. The third kappa shape index (κ3) is 2.39. The summed E-state index contributed by atoms with van der Waals surface area (Å²) in [7, 11) is 0. The van der Waals surface area contributed by atoms with Crippen molar-refractivity contribution in [3.8, 4) is 0 Å². The number of carbonyl (C=O) groups excluding carboxylic acids is 2. The first-order valence-corrected chi connectivity index (χ1v) is 8.76. The summed E-state index contributed by atoms with van der Waals surface area (Å²) in [5.41, 5.74) is 7.69. The molecule has 128 valence electrons. The summed E-state index contributed by atoms with van der Waals surface area (Å²) in [5.74, 6) is -0.999. The van der Waals surface area contributed by atoms with Crippen LogP contribution in [0.1, 0.15) is 57.1 Å². The average Bonchev–Trinajstić information content (AvgIpc) is 2.86. The summed E-state index contributed by atoms with van der Waals surface area (Å²) in [6.45, 7) is 3.51. The molecule has 2 aliphatic carbocycles. The Hall–Kier alpha value is -1.68. The number of benzene rings is 1. The summed E-state index contributed by atoms with van der Waals surface area (Å²) >= 11 is 6.31. The van der Waals surface area contributed by atoms with Gasteiger partial charge in [0.1, 0.15) is 5.82 Å². The van der Waals surface area contributed by atoms with Crippen LogP contribution in [0.25, 0.3) is 5.57 Å². The Morgan fingerprint density at radius 2 is 2.17 bits per heavy atom. The molecule has 2 aliphatic rings. The van der Waals surface area contributed by atoms with Gasteiger partial charge in [-0.05, 0) is 49.0 Å². The minimum absolute atomic E-state index is 0.0593. The van der Waals surface area contributed by atoms with Crippen LogP contribution in [0.4, 0.5) is 10.1 Å². The van der Waals surface area contributed by atoms with Gasteiger partial charge in [0, 0.05) is 11.8 Å². The molecule has 1 aromatic carbocycles. The molecule has 2 N–H and O–H groups in total. The SMILES string of the molecule is CCCCC12CCC(=O)C(C(C)=O)=C1c1cc(F)c(N)c(Cl)c1C2.